The first kappa shape index (κ1) is 14.4. The Bertz CT molecular complexity index is 468. The van der Waals surface area contributed by atoms with E-state index in [1.165, 1.54) is 0 Å². The quantitative estimate of drug-likeness (QED) is 0.846. The van der Waals surface area contributed by atoms with Crippen molar-refractivity contribution in [1.82, 2.24) is 5.32 Å². The van der Waals surface area contributed by atoms with Crippen LogP contribution in [0.2, 0.25) is 0 Å². The number of amides is 1. The van der Waals surface area contributed by atoms with Crippen LogP contribution in [-0.4, -0.2) is 25.7 Å². The molecule has 0 aliphatic heterocycles. The zero-order valence-electron chi connectivity index (χ0n) is 10.2. The maximum atomic E-state index is 11.6. The Hall–Kier alpha value is -1.67. The first-order valence-corrected chi connectivity index (χ1v) is 6.09. The molecule has 0 heterocycles. The summed E-state index contributed by atoms with van der Waals surface area (Å²) < 4.78 is 11.3. The van der Waals surface area contributed by atoms with Crippen LogP contribution < -0.4 is 14.8 Å². The fourth-order valence-electron chi connectivity index (χ4n) is 1.23. The van der Waals surface area contributed by atoms with Gasteiger partial charge in [-0.15, -0.1) is 6.42 Å². The number of terminal acetylenes is 1. The molecule has 4 nitrogen and oxygen atoms in total. The van der Waals surface area contributed by atoms with E-state index in [2.05, 4.69) is 27.2 Å². The average Bonchev–Trinajstić information content (AvgIpc) is 2.38. The molecule has 0 radical (unpaired) electrons. The van der Waals surface area contributed by atoms with Crippen LogP contribution in [0.3, 0.4) is 0 Å². The number of hydrogen-bond acceptors (Lipinski definition) is 3. The Balaban J connectivity index is 2.67. The fourth-order valence-corrected chi connectivity index (χ4v) is 1.68. The Morgan fingerprint density at radius 1 is 1.61 bits per heavy atom. The maximum Gasteiger partial charge on any atom is 0.261 e. The van der Waals surface area contributed by atoms with Crippen molar-refractivity contribution in [3.05, 3.63) is 22.7 Å². The minimum absolute atomic E-state index is 0.191. The second-order valence-corrected chi connectivity index (χ2v) is 4.33. The van der Waals surface area contributed by atoms with E-state index in [1.807, 2.05) is 0 Å². The molecule has 1 amide bonds. The SMILES string of the molecule is C#CCNC(=O)C(C)Oc1ccc(OC)cc1Br. The van der Waals surface area contributed by atoms with E-state index < -0.39 is 6.10 Å². The molecule has 0 aromatic heterocycles. The highest BCUT2D eigenvalue weighted by molar-refractivity contribution is 9.10. The molecule has 1 unspecified atom stereocenters. The minimum atomic E-state index is -0.622. The van der Waals surface area contributed by atoms with Crippen molar-refractivity contribution in [3.8, 4) is 23.8 Å². The zero-order chi connectivity index (χ0) is 13.5. The summed E-state index contributed by atoms with van der Waals surface area (Å²) in [6.07, 6.45) is 4.44. The van der Waals surface area contributed by atoms with E-state index in [1.54, 1.807) is 32.2 Å². The van der Waals surface area contributed by atoms with E-state index >= 15 is 0 Å². The first-order chi connectivity index (χ1) is 8.58. The number of carbonyl (C=O) groups is 1. The molecule has 1 aromatic carbocycles. The van der Waals surface area contributed by atoms with Crippen molar-refractivity contribution in [1.29, 1.82) is 0 Å². The maximum absolute atomic E-state index is 11.6. The van der Waals surface area contributed by atoms with Crippen LogP contribution in [-0.2, 0) is 4.79 Å². The van der Waals surface area contributed by atoms with Gasteiger partial charge in [0.05, 0.1) is 18.1 Å². The summed E-state index contributed by atoms with van der Waals surface area (Å²) in [6, 6.07) is 5.25. The van der Waals surface area contributed by atoms with Crippen LogP contribution in [0, 0.1) is 12.3 Å². The first-order valence-electron chi connectivity index (χ1n) is 5.30. The van der Waals surface area contributed by atoms with Crippen molar-refractivity contribution in [2.45, 2.75) is 13.0 Å². The molecule has 0 bridgehead atoms. The zero-order valence-corrected chi connectivity index (χ0v) is 11.8. The fraction of sp³-hybridized carbons (Fsp3) is 0.308. The molecular formula is C13H14BrNO3. The third kappa shape index (κ3) is 3.97. The van der Waals surface area contributed by atoms with Gasteiger partial charge in [-0.2, -0.15) is 0 Å². The van der Waals surface area contributed by atoms with Gasteiger partial charge in [0.15, 0.2) is 6.10 Å². The molecular weight excluding hydrogens is 298 g/mol. The number of methoxy groups -OCH3 is 1. The topological polar surface area (TPSA) is 47.6 Å². The van der Waals surface area contributed by atoms with Crippen LogP contribution in [0.5, 0.6) is 11.5 Å². The number of carbonyl (C=O) groups excluding carboxylic acids is 1. The highest BCUT2D eigenvalue weighted by Gasteiger charge is 2.15. The second kappa shape index (κ2) is 6.92. The van der Waals surface area contributed by atoms with Gasteiger partial charge < -0.3 is 14.8 Å². The number of hydrogen-bond donors (Lipinski definition) is 1. The van der Waals surface area contributed by atoms with Crippen LogP contribution in [0.25, 0.3) is 0 Å². The highest BCUT2D eigenvalue weighted by atomic mass is 79.9. The Labute approximate surface area is 115 Å². The highest BCUT2D eigenvalue weighted by Crippen LogP contribution is 2.29. The van der Waals surface area contributed by atoms with E-state index in [0.717, 1.165) is 4.47 Å². The van der Waals surface area contributed by atoms with Crippen LogP contribution >= 0.6 is 15.9 Å². The van der Waals surface area contributed by atoms with Gasteiger partial charge in [0.25, 0.3) is 5.91 Å². The van der Waals surface area contributed by atoms with Gasteiger partial charge in [-0.3, -0.25) is 4.79 Å². The predicted octanol–water partition coefficient (Wildman–Crippen LogP) is 1.97. The third-order valence-electron chi connectivity index (χ3n) is 2.18. The van der Waals surface area contributed by atoms with Gasteiger partial charge in [0, 0.05) is 0 Å². The molecule has 0 saturated heterocycles. The van der Waals surface area contributed by atoms with E-state index in [0.29, 0.717) is 11.5 Å². The summed E-state index contributed by atoms with van der Waals surface area (Å²) in [4.78, 5) is 11.6. The average molecular weight is 312 g/mol. The summed E-state index contributed by atoms with van der Waals surface area (Å²) in [5, 5.41) is 2.55. The smallest absolute Gasteiger partial charge is 0.261 e. The van der Waals surface area contributed by atoms with Crippen molar-refractivity contribution >= 4 is 21.8 Å². The molecule has 0 aliphatic carbocycles. The van der Waals surface area contributed by atoms with E-state index in [4.69, 9.17) is 15.9 Å². The Morgan fingerprint density at radius 2 is 2.33 bits per heavy atom. The van der Waals surface area contributed by atoms with Crippen LogP contribution in [0.1, 0.15) is 6.92 Å². The summed E-state index contributed by atoms with van der Waals surface area (Å²) in [7, 11) is 1.58. The summed E-state index contributed by atoms with van der Waals surface area (Å²) >= 11 is 3.35. The summed E-state index contributed by atoms with van der Waals surface area (Å²) in [5.41, 5.74) is 0. The Kier molecular flexibility index (Phi) is 5.53. The van der Waals surface area contributed by atoms with E-state index in [9.17, 15) is 4.79 Å². The van der Waals surface area contributed by atoms with E-state index in [-0.39, 0.29) is 12.5 Å². The number of nitrogens with one attached hydrogen (secondary N) is 1. The lowest BCUT2D eigenvalue weighted by Gasteiger charge is -2.15. The number of rotatable bonds is 5. The molecule has 96 valence electrons. The third-order valence-corrected chi connectivity index (χ3v) is 2.80. The monoisotopic (exact) mass is 311 g/mol. The van der Waals surface area contributed by atoms with Gasteiger partial charge in [-0.05, 0) is 41.1 Å². The largest absolute Gasteiger partial charge is 0.497 e. The summed E-state index contributed by atoms with van der Waals surface area (Å²) in [5.74, 6) is 3.35. The second-order valence-electron chi connectivity index (χ2n) is 3.48. The van der Waals surface area contributed by atoms with Crippen LogP contribution in [0.15, 0.2) is 22.7 Å². The molecule has 1 N–H and O–H groups in total. The molecule has 1 atom stereocenters. The molecule has 0 fully saturated rings. The van der Waals surface area contributed by atoms with Crippen molar-refractivity contribution in [2.24, 2.45) is 0 Å². The number of halogens is 1. The van der Waals surface area contributed by atoms with Gasteiger partial charge in [-0.1, -0.05) is 5.92 Å². The molecule has 0 saturated carbocycles. The van der Waals surface area contributed by atoms with Gasteiger partial charge in [-0.25, -0.2) is 0 Å². The van der Waals surface area contributed by atoms with Gasteiger partial charge in [0.1, 0.15) is 11.5 Å². The van der Waals surface area contributed by atoms with Crippen LogP contribution in [0.4, 0.5) is 0 Å². The standard InChI is InChI=1S/C13H14BrNO3/c1-4-7-15-13(16)9(2)18-12-6-5-10(17-3)8-11(12)14/h1,5-6,8-9H,7H2,2-3H3,(H,15,16). The van der Waals surface area contributed by atoms with Gasteiger partial charge >= 0.3 is 0 Å². The van der Waals surface area contributed by atoms with Crippen molar-refractivity contribution < 1.29 is 14.3 Å². The van der Waals surface area contributed by atoms with Crippen molar-refractivity contribution in [3.63, 3.8) is 0 Å². The Morgan fingerprint density at radius 3 is 2.89 bits per heavy atom. The minimum Gasteiger partial charge on any atom is -0.497 e. The molecule has 1 rings (SSSR count). The van der Waals surface area contributed by atoms with Gasteiger partial charge in [0.2, 0.25) is 0 Å². The normalized spacial score (nSPS) is 11.2. The molecule has 1 aromatic rings. The molecule has 5 heteroatoms. The lowest BCUT2D eigenvalue weighted by molar-refractivity contribution is -0.127. The van der Waals surface area contributed by atoms with Crippen molar-refractivity contribution in [2.75, 3.05) is 13.7 Å². The lowest BCUT2D eigenvalue weighted by Crippen LogP contribution is -2.36. The number of benzene rings is 1. The number of ether oxygens (including phenoxy) is 2. The molecule has 18 heavy (non-hydrogen) atoms. The lowest BCUT2D eigenvalue weighted by atomic mass is 10.3. The molecule has 0 aliphatic rings. The predicted molar refractivity (Wildman–Crippen MR) is 72.6 cm³/mol. The molecule has 0 spiro atoms. The summed E-state index contributed by atoms with van der Waals surface area (Å²) in [6.45, 7) is 1.85.